The minimum atomic E-state index is -0.163. The van der Waals surface area contributed by atoms with E-state index in [9.17, 15) is 0 Å². The molecule has 1 heterocycles. The predicted molar refractivity (Wildman–Crippen MR) is 68.6 cm³/mol. The van der Waals surface area contributed by atoms with Crippen LogP contribution in [0, 0.1) is 0 Å². The summed E-state index contributed by atoms with van der Waals surface area (Å²) in [6.07, 6.45) is -0.0647. The van der Waals surface area contributed by atoms with Crippen molar-refractivity contribution in [2.75, 3.05) is 20.3 Å². The van der Waals surface area contributed by atoms with E-state index in [1.54, 1.807) is 7.11 Å². The molecule has 0 bridgehead atoms. The van der Waals surface area contributed by atoms with Gasteiger partial charge in [0.1, 0.15) is 12.4 Å². The topological polar surface area (TPSA) is 36.9 Å². The van der Waals surface area contributed by atoms with Crippen molar-refractivity contribution in [2.45, 2.75) is 32.5 Å². The molecule has 1 atom stereocenters. The summed E-state index contributed by atoms with van der Waals surface area (Å²) in [5.41, 5.74) is -0.163. The van der Waals surface area contributed by atoms with Crippen LogP contribution in [0.2, 0.25) is 0 Å². The second kappa shape index (κ2) is 5.06. The van der Waals surface area contributed by atoms with Crippen molar-refractivity contribution in [2.24, 2.45) is 0 Å². The Hall–Kier alpha value is -1.42. The van der Waals surface area contributed by atoms with Crippen LogP contribution >= 0.6 is 0 Å². The highest BCUT2D eigenvalue weighted by Gasteiger charge is 2.23. The van der Waals surface area contributed by atoms with Crippen LogP contribution < -0.4 is 14.2 Å². The van der Waals surface area contributed by atoms with Crippen molar-refractivity contribution in [3.63, 3.8) is 0 Å². The zero-order valence-corrected chi connectivity index (χ0v) is 11.4. The fourth-order valence-electron chi connectivity index (χ4n) is 1.65. The molecule has 100 valence electrons. The Bertz CT molecular complexity index is 409. The monoisotopic (exact) mass is 252 g/mol. The van der Waals surface area contributed by atoms with Gasteiger partial charge in [-0.15, -0.1) is 0 Å². The number of hydrogen-bond acceptors (Lipinski definition) is 4. The summed E-state index contributed by atoms with van der Waals surface area (Å²) >= 11 is 0. The summed E-state index contributed by atoms with van der Waals surface area (Å²) in [5, 5.41) is 0. The largest absolute Gasteiger partial charge is 0.497 e. The summed E-state index contributed by atoms with van der Waals surface area (Å²) in [6, 6.07) is 5.54. The number of rotatable bonds is 3. The average Bonchev–Trinajstić information content (AvgIpc) is 2.34. The fraction of sp³-hybridized carbons (Fsp3) is 0.571. The van der Waals surface area contributed by atoms with Gasteiger partial charge in [0, 0.05) is 6.07 Å². The predicted octanol–water partition coefficient (Wildman–Crippen LogP) is 2.65. The zero-order chi connectivity index (χ0) is 13.2. The lowest BCUT2D eigenvalue weighted by molar-refractivity contribution is -0.0583. The molecular formula is C14H20O4. The van der Waals surface area contributed by atoms with Gasteiger partial charge in [0.2, 0.25) is 0 Å². The molecular weight excluding hydrogens is 232 g/mol. The average molecular weight is 252 g/mol. The highest BCUT2D eigenvalue weighted by molar-refractivity contribution is 5.46. The molecule has 4 nitrogen and oxygen atoms in total. The number of methoxy groups -OCH3 is 1. The van der Waals surface area contributed by atoms with Crippen molar-refractivity contribution in [1.82, 2.24) is 0 Å². The van der Waals surface area contributed by atoms with Gasteiger partial charge in [0.15, 0.2) is 17.6 Å². The second-order valence-electron chi connectivity index (χ2n) is 5.29. The van der Waals surface area contributed by atoms with E-state index in [0.29, 0.717) is 13.2 Å². The van der Waals surface area contributed by atoms with Crippen LogP contribution in [-0.2, 0) is 4.74 Å². The standard InChI is InChI=1S/C14H20O4/c1-14(2,3)17-9-11-8-16-13-7-10(15-4)5-6-12(13)18-11/h5-7,11H,8-9H2,1-4H3/t11-/m0/s1. The van der Waals surface area contributed by atoms with E-state index in [1.807, 2.05) is 39.0 Å². The first-order chi connectivity index (χ1) is 8.48. The molecule has 0 aliphatic carbocycles. The highest BCUT2D eigenvalue weighted by atomic mass is 16.6. The van der Waals surface area contributed by atoms with Crippen LogP contribution in [0.3, 0.4) is 0 Å². The number of fused-ring (bicyclic) bond motifs is 1. The van der Waals surface area contributed by atoms with Gasteiger partial charge in [-0.2, -0.15) is 0 Å². The third-order valence-corrected chi connectivity index (χ3v) is 2.57. The van der Waals surface area contributed by atoms with E-state index in [2.05, 4.69) is 0 Å². The van der Waals surface area contributed by atoms with Crippen LogP contribution in [0.1, 0.15) is 20.8 Å². The van der Waals surface area contributed by atoms with Gasteiger partial charge in [-0.3, -0.25) is 0 Å². The van der Waals surface area contributed by atoms with E-state index < -0.39 is 0 Å². The zero-order valence-electron chi connectivity index (χ0n) is 11.4. The minimum Gasteiger partial charge on any atom is -0.497 e. The Morgan fingerprint density at radius 2 is 2.06 bits per heavy atom. The van der Waals surface area contributed by atoms with E-state index in [-0.39, 0.29) is 11.7 Å². The molecule has 0 N–H and O–H groups in total. The Morgan fingerprint density at radius 3 is 2.72 bits per heavy atom. The Kier molecular flexibility index (Phi) is 3.66. The fourth-order valence-corrected chi connectivity index (χ4v) is 1.65. The number of benzene rings is 1. The lowest BCUT2D eigenvalue weighted by atomic mass is 10.2. The number of hydrogen-bond donors (Lipinski definition) is 0. The lowest BCUT2D eigenvalue weighted by Crippen LogP contribution is -2.36. The summed E-state index contributed by atoms with van der Waals surface area (Å²) in [7, 11) is 1.63. The van der Waals surface area contributed by atoms with Gasteiger partial charge in [-0.1, -0.05) is 0 Å². The SMILES string of the molecule is COc1ccc2c(c1)OC[C@@H](COC(C)(C)C)O2. The molecule has 0 radical (unpaired) electrons. The molecule has 4 heteroatoms. The molecule has 1 aliphatic rings. The van der Waals surface area contributed by atoms with Crippen molar-refractivity contribution in [3.8, 4) is 17.2 Å². The maximum absolute atomic E-state index is 5.82. The van der Waals surface area contributed by atoms with Gasteiger partial charge in [-0.25, -0.2) is 0 Å². The van der Waals surface area contributed by atoms with Gasteiger partial charge in [0.05, 0.1) is 19.3 Å². The first kappa shape index (κ1) is 13.0. The maximum Gasteiger partial charge on any atom is 0.165 e. The van der Waals surface area contributed by atoms with E-state index in [4.69, 9.17) is 18.9 Å². The molecule has 0 spiro atoms. The summed E-state index contributed by atoms with van der Waals surface area (Å²) in [4.78, 5) is 0. The summed E-state index contributed by atoms with van der Waals surface area (Å²) in [5.74, 6) is 2.23. The maximum atomic E-state index is 5.82. The molecule has 0 aromatic heterocycles. The van der Waals surface area contributed by atoms with Crippen molar-refractivity contribution < 1.29 is 18.9 Å². The Morgan fingerprint density at radius 1 is 1.28 bits per heavy atom. The number of ether oxygens (including phenoxy) is 4. The van der Waals surface area contributed by atoms with Gasteiger partial charge in [0.25, 0.3) is 0 Å². The smallest absolute Gasteiger partial charge is 0.165 e. The highest BCUT2D eigenvalue weighted by Crippen LogP contribution is 2.35. The van der Waals surface area contributed by atoms with Crippen LogP contribution in [0.25, 0.3) is 0 Å². The molecule has 0 unspecified atom stereocenters. The third kappa shape index (κ3) is 3.29. The van der Waals surface area contributed by atoms with Gasteiger partial charge >= 0.3 is 0 Å². The molecule has 0 saturated heterocycles. The van der Waals surface area contributed by atoms with E-state index in [1.165, 1.54) is 0 Å². The molecule has 0 saturated carbocycles. The van der Waals surface area contributed by atoms with Crippen LogP contribution in [0.4, 0.5) is 0 Å². The van der Waals surface area contributed by atoms with Crippen molar-refractivity contribution >= 4 is 0 Å². The van der Waals surface area contributed by atoms with Crippen LogP contribution in [0.5, 0.6) is 17.2 Å². The molecule has 1 aromatic carbocycles. The normalized spacial score (nSPS) is 18.6. The molecule has 0 fully saturated rings. The summed E-state index contributed by atoms with van der Waals surface area (Å²) in [6.45, 7) is 7.09. The first-order valence-corrected chi connectivity index (χ1v) is 6.09. The van der Waals surface area contributed by atoms with E-state index >= 15 is 0 Å². The molecule has 1 aromatic rings. The Labute approximate surface area is 108 Å². The Balaban J connectivity index is 1.98. The molecule has 0 amide bonds. The molecule has 1 aliphatic heterocycles. The minimum absolute atomic E-state index is 0.0647. The molecule has 2 rings (SSSR count). The van der Waals surface area contributed by atoms with Crippen LogP contribution in [-0.4, -0.2) is 32.0 Å². The lowest BCUT2D eigenvalue weighted by Gasteiger charge is -2.29. The van der Waals surface area contributed by atoms with Crippen LogP contribution in [0.15, 0.2) is 18.2 Å². The van der Waals surface area contributed by atoms with Gasteiger partial charge < -0.3 is 18.9 Å². The van der Waals surface area contributed by atoms with Crippen molar-refractivity contribution in [1.29, 1.82) is 0 Å². The van der Waals surface area contributed by atoms with E-state index in [0.717, 1.165) is 17.2 Å². The third-order valence-electron chi connectivity index (χ3n) is 2.57. The quantitative estimate of drug-likeness (QED) is 0.828. The van der Waals surface area contributed by atoms with Crippen molar-refractivity contribution in [3.05, 3.63) is 18.2 Å². The second-order valence-corrected chi connectivity index (χ2v) is 5.29. The molecule has 18 heavy (non-hydrogen) atoms. The summed E-state index contributed by atoms with van der Waals surface area (Å²) < 4.78 is 22.3. The first-order valence-electron chi connectivity index (χ1n) is 6.09. The van der Waals surface area contributed by atoms with Gasteiger partial charge in [-0.05, 0) is 32.9 Å².